The van der Waals surface area contributed by atoms with Gasteiger partial charge in [0.1, 0.15) is 11.5 Å². The summed E-state index contributed by atoms with van der Waals surface area (Å²) >= 11 is 0. The number of nitrogens with zero attached hydrogens (tertiary/aromatic N) is 1. The third-order valence-corrected chi connectivity index (χ3v) is 8.15. The molecule has 7 nitrogen and oxygen atoms in total. The van der Waals surface area contributed by atoms with Gasteiger partial charge >= 0.3 is 0 Å². The van der Waals surface area contributed by atoms with Gasteiger partial charge in [0.15, 0.2) is 0 Å². The third-order valence-electron chi connectivity index (χ3n) is 6.19. The van der Waals surface area contributed by atoms with Gasteiger partial charge in [-0.2, -0.15) is 0 Å². The molecular formula is C25H34N2O5S. The minimum Gasteiger partial charge on any atom is -0.497 e. The lowest BCUT2D eigenvalue weighted by atomic mass is 9.96. The van der Waals surface area contributed by atoms with E-state index < -0.39 is 10.0 Å². The molecule has 0 radical (unpaired) electrons. The first-order valence-corrected chi connectivity index (χ1v) is 13.0. The fourth-order valence-electron chi connectivity index (χ4n) is 4.22. The summed E-state index contributed by atoms with van der Waals surface area (Å²) < 4.78 is 37.7. The molecule has 180 valence electrons. The Hall–Kier alpha value is -2.58. The van der Waals surface area contributed by atoms with Gasteiger partial charge in [0.05, 0.1) is 26.0 Å². The maximum atomic E-state index is 12.9. The van der Waals surface area contributed by atoms with Crippen molar-refractivity contribution in [2.75, 3.05) is 33.1 Å². The van der Waals surface area contributed by atoms with Gasteiger partial charge in [-0.3, -0.25) is 4.79 Å². The van der Waals surface area contributed by atoms with Crippen molar-refractivity contribution in [3.63, 3.8) is 0 Å². The Kier molecular flexibility index (Phi) is 8.74. The van der Waals surface area contributed by atoms with Crippen molar-refractivity contribution in [2.24, 2.45) is 5.92 Å². The molecule has 1 aliphatic heterocycles. The van der Waals surface area contributed by atoms with Gasteiger partial charge in [-0.05, 0) is 56.4 Å². The summed E-state index contributed by atoms with van der Waals surface area (Å²) in [5, 5.41) is 3.06. The Morgan fingerprint density at radius 1 is 1.09 bits per heavy atom. The van der Waals surface area contributed by atoms with Gasteiger partial charge in [-0.1, -0.05) is 30.3 Å². The van der Waals surface area contributed by atoms with E-state index in [0.717, 1.165) is 17.5 Å². The highest BCUT2D eigenvalue weighted by molar-refractivity contribution is 7.89. The normalized spacial score (nSPS) is 16.2. The Balaban J connectivity index is 1.50. The van der Waals surface area contributed by atoms with E-state index in [1.807, 2.05) is 55.5 Å². The second-order valence-electron chi connectivity index (χ2n) is 8.42. The highest BCUT2D eigenvalue weighted by atomic mass is 32.2. The average molecular weight is 475 g/mol. The van der Waals surface area contributed by atoms with E-state index in [-0.39, 0.29) is 23.6 Å². The standard InChI is InChI=1S/C25H34N2O5S/c1-19(23-18-22(31-2)11-12-24(23)32-3)26-25(28)21-13-15-27(16-14-21)33(29,30)17-7-10-20-8-5-4-6-9-20/h4-6,8-9,11-12,18-19,21H,7,10,13-17H2,1-3H3,(H,26,28)/t19-/m0/s1. The fraction of sp³-hybridized carbons (Fsp3) is 0.480. The monoisotopic (exact) mass is 474 g/mol. The Labute approximate surface area is 197 Å². The summed E-state index contributed by atoms with van der Waals surface area (Å²) in [4.78, 5) is 12.9. The third kappa shape index (κ3) is 6.71. The lowest BCUT2D eigenvalue weighted by Gasteiger charge is -2.31. The summed E-state index contributed by atoms with van der Waals surface area (Å²) in [7, 11) is -0.125. The van der Waals surface area contributed by atoms with E-state index >= 15 is 0 Å². The number of hydrogen-bond donors (Lipinski definition) is 1. The number of benzene rings is 2. The number of ether oxygens (including phenoxy) is 2. The first kappa shape index (κ1) is 25.1. The van der Waals surface area contributed by atoms with Crippen molar-refractivity contribution in [3.05, 3.63) is 59.7 Å². The first-order chi connectivity index (χ1) is 15.8. The van der Waals surface area contributed by atoms with Crippen molar-refractivity contribution < 1.29 is 22.7 Å². The van der Waals surface area contributed by atoms with E-state index in [4.69, 9.17) is 9.47 Å². The number of carbonyl (C=O) groups is 1. The molecule has 2 aromatic carbocycles. The maximum absolute atomic E-state index is 12.9. The van der Waals surface area contributed by atoms with Crippen LogP contribution in [0.2, 0.25) is 0 Å². The number of amides is 1. The quantitative estimate of drug-likeness (QED) is 0.569. The molecule has 2 aromatic rings. The second-order valence-corrected chi connectivity index (χ2v) is 10.5. The summed E-state index contributed by atoms with van der Waals surface area (Å²) in [6.45, 7) is 2.66. The highest BCUT2D eigenvalue weighted by Gasteiger charge is 2.31. The van der Waals surface area contributed by atoms with Crippen LogP contribution in [0.15, 0.2) is 48.5 Å². The SMILES string of the molecule is COc1ccc(OC)c([C@H](C)NC(=O)C2CCN(S(=O)(=O)CCCc3ccccc3)CC2)c1. The number of piperidine rings is 1. The molecule has 0 saturated carbocycles. The van der Waals surface area contributed by atoms with Crippen molar-refractivity contribution >= 4 is 15.9 Å². The second kappa shape index (κ2) is 11.5. The predicted octanol–water partition coefficient (Wildman–Crippen LogP) is 3.56. The van der Waals surface area contributed by atoms with Gasteiger partial charge in [-0.15, -0.1) is 0 Å². The predicted molar refractivity (Wildman–Crippen MR) is 129 cm³/mol. The van der Waals surface area contributed by atoms with E-state index in [0.29, 0.717) is 43.9 Å². The number of methoxy groups -OCH3 is 2. The molecule has 3 rings (SSSR count). The molecule has 8 heteroatoms. The van der Waals surface area contributed by atoms with Crippen molar-refractivity contribution in [1.29, 1.82) is 0 Å². The van der Waals surface area contributed by atoms with Crippen LogP contribution in [0.4, 0.5) is 0 Å². The molecule has 1 amide bonds. The van der Waals surface area contributed by atoms with Crippen LogP contribution in [0.3, 0.4) is 0 Å². The topological polar surface area (TPSA) is 84.9 Å². The Bertz CT molecular complexity index is 1020. The van der Waals surface area contributed by atoms with E-state index in [1.54, 1.807) is 14.2 Å². The van der Waals surface area contributed by atoms with E-state index in [1.165, 1.54) is 4.31 Å². The fourth-order valence-corrected chi connectivity index (χ4v) is 5.75. The van der Waals surface area contributed by atoms with E-state index in [9.17, 15) is 13.2 Å². The Morgan fingerprint density at radius 2 is 1.79 bits per heavy atom. The van der Waals surface area contributed by atoms with Gasteiger partial charge in [-0.25, -0.2) is 12.7 Å². The minimum atomic E-state index is -3.31. The lowest BCUT2D eigenvalue weighted by molar-refractivity contribution is -0.126. The number of nitrogens with one attached hydrogen (secondary N) is 1. The number of carbonyl (C=O) groups excluding carboxylic acids is 1. The minimum absolute atomic E-state index is 0.0616. The molecule has 1 atom stereocenters. The van der Waals surface area contributed by atoms with Gasteiger partial charge in [0.2, 0.25) is 15.9 Å². The molecule has 33 heavy (non-hydrogen) atoms. The molecular weight excluding hydrogens is 440 g/mol. The molecule has 1 saturated heterocycles. The molecule has 0 unspecified atom stereocenters. The zero-order chi connectivity index (χ0) is 23.8. The van der Waals surface area contributed by atoms with Gasteiger partial charge in [0.25, 0.3) is 0 Å². The maximum Gasteiger partial charge on any atom is 0.223 e. The number of aryl methyl sites for hydroxylation is 1. The van der Waals surface area contributed by atoms with Crippen molar-refractivity contribution in [3.8, 4) is 11.5 Å². The Morgan fingerprint density at radius 3 is 2.42 bits per heavy atom. The van der Waals surface area contributed by atoms with Crippen LogP contribution >= 0.6 is 0 Å². The summed E-state index contributed by atoms with van der Waals surface area (Å²) in [5.41, 5.74) is 1.98. The van der Waals surface area contributed by atoms with Gasteiger partial charge < -0.3 is 14.8 Å². The first-order valence-electron chi connectivity index (χ1n) is 11.4. The zero-order valence-electron chi connectivity index (χ0n) is 19.6. The largest absolute Gasteiger partial charge is 0.497 e. The summed E-state index contributed by atoms with van der Waals surface area (Å²) in [5.74, 6) is 1.23. The molecule has 0 spiro atoms. The van der Waals surface area contributed by atoms with Crippen LogP contribution in [0, 0.1) is 5.92 Å². The van der Waals surface area contributed by atoms with Crippen molar-refractivity contribution in [1.82, 2.24) is 9.62 Å². The molecule has 0 bridgehead atoms. The van der Waals surface area contributed by atoms with Crippen LogP contribution in [-0.4, -0.2) is 51.7 Å². The summed E-state index contributed by atoms with van der Waals surface area (Å²) in [6.07, 6.45) is 2.37. The van der Waals surface area contributed by atoms with Crippen LogP contribution in [-0.2, 0) is 21.2 Å². The molecule has 1 heterocycles. The zero-order valence-corrected chi connectivity index (χ0v) is 20.4. The smallest absolute Gasteiger partial charge is 0.223 e. The molecule has 0 aliphatic carbocycles. The van der Waals surface area contributed by atoms with Crippen molar-refractivity contribution in [2.45, 2.75) is 38.6 Å². The van der Waals surface area contributed by atoms with Crippen LogP contribution in [0.25, 0.3) is 0 Å². The van der Waals surface area contributed by atoms with Crippen LogP contribution < -0.4 is 14.8 Å². The molecule has 0 aromatic heterocycles. The number of hydrogen-bond acceptors (Lipinski definition) is 5. The molecule has 1 N–H and O–H groups in total. The summed E-state index contributed by atoms with van der Waals surface area (Å²) in [6, 6.07) is 15.1. The molecule has 1 fully saturated rings. The van der Waals surface area contributed by atoms with Crippen LogP contribution in [0.1, 0.15) is 43.4 Å². The van der Waals surface area contributed by atoms with Gasteiger partial charge in [0, 0.05) is 24.6 Å². The molecule has 1 aliphatic rings. The average Bonchev–Trinajstić information content (AvgIpc) is 2.84. The van der Waals surface area contributed by atoms with Crippen LogP contribution in [0.5, 0.6) is 11.5 Å². The lowest BCUT2D eigenvalue weighted by Crippen LogP contribution is -2.44. The van der Waals surface area contributed by atoms with E-state index in [2.05, 4.69) is 5.32 Å². The highest BCUT2D eigenvalue weighted by Crippen LogP contribution is 2.30. The number of sulfonamides is 1. The number of rotatable bonds is 10.